The average molecular weight is 382 g/mol. The van der Waals surface area contributed by atoms with Crippen molar-refractivity contribution in [2.24, 2.45) is 0 Å². The van der Waals surface area contributed by atoms with Gasteiger partial charge < -0.3 is 9.26 Å². The molecule has 0 saturated heterocycles. The number of ketones is 1. The van der Waals surface area contributed by atoms with Crippen LogP contribution in [0.1, 0.15) is 28.2 Å². The smallest absolute Gasteiger partial charge is 0.306 e. The molecular weight excluding hydrogens is 370 g/mol. The van der Waals surface area contributed by atoms with Gasteiger partial charge in [-0.2, -0.15) is 0 Å². The second-order valence-corrected chi connectivity index (χ2v) is 7.51. The molecule has 3 rings (SSSR count). The summed E-state index contributed by atoms with van der Waals surface area (Å²) in [7, 11) is 0. The van der Waals surface area contributed by atoms with Crippen molar-refractivity contribution in [2.75, 3.05) is 0 Å². The van der Waals surface area contributed by atoms with E-state index in [1.54, 1.807) is 18.2 Å². The van der Waals surface area contributed by atoms with Crippen molar-refractivity contribution >= 4 is 46.0 Å². The maximum Gasteiger partial charge on any atom is 0.306 e. The fourth-order valence-corrected chi connectivity index (χ4v) is 3.63. The number of carbonyl (C=O) groups is 2. The highest BCUT2D eigenvalue weighted by atomic mass is 35.5. The molecule has 5 nitrogen and oxygen atoms in total. The van der Waals surface area contributed by atoms with E-state index in [1.165, 1.54) is 22.7 Å². The van der Waals surface area contributed by atoms with Crippen LogP contribution in [0.4, 0.5) is 0 Å². The lowest BCUT2D eigenvalue weighted by Gasteiger charge is -2.01. The largest absolute Gasteiger partial charge is 0.459 e. The standard InChI is InChI=1S/C16H12ClNO4S2/c17-15-5-4-13(24-15)11(19)3-6-16(20)21-9-10-8-12(22-18-10)14-2-1-7-23-14/h1-2,4-5,7-8H,3,6,9H2. The third-order valence-electron chi connectivity index (χ3n) is 3.11. The molecule has 0 aliphatic heterocycles. The van der Waals surface area contributed by atoms with Crippen LogP contribution in [0, 0.1) is 0 Å². The molecule has 3 aromatic heterocycles. The van der Waals surface area contributed by atoms with Gasteiger partial charge in [0.2, 0.25) is 0 Å². The van der Waals surface area contributed by atoms with Crippen molar-refractivity contribution in [2.45, 2.75) is 19.4 Å². The summed E-state index contributed by atoms with van der Waals surface area (Å²) < 4.78 is 10.9. The van der Waals surface area contributed by atoms with Gasteiger partial charge in [-0.15, -0.1) is 22.7 Å². The molecule has 8 heteroatoms. The lowest BCUT2D eigenvalue weighted by molar-refractivity contribution is -0.145. The predicted octanol–water partition coefficient (Wildman–Crippen LogP) is 4.82. The summed E-state index contributed by atoms with van der Waals surface area (Å²) in [6, 6.07) is 8.89. The Bertz CT molecular complexity index is 838. The Morgan fingerprint density at radius 1 is 1.25 bits per heavy atom. The van der Waals surface area contributed by atoms with Crippen molar-refractivity contribution in [3.8, 4) is 10.6 Å². The number of esters is 1. The van der Waals surface area contributed by atoms with Crippen molar-refractivity contribution < 1.29 is 18.8 Å². The zero-order chi connectivity index (χ0) is 16.9. The number of thiophene rings is 2. The number of nitrogens with zero attached hydrogens (tertiary/aromatic N) is 1. The number of halogens is 1. The lowest BCUT2D eigenvalue weighted by atomic mass is 10.2. The molecule has 3 heterocycles. The van der Waals surface area contributed by atoms with Crippen LogP contribution in [0.3, 0.4) is 0 Å². The van der Waals surface area contributed by atoms with E-state index >= 15 is 0 Å². The number of hydrogen-bond acceptors (Lipinski definition) is 7. The summed E-state index contributed by atoms with van der Waals surface area (Å²) in [6.45, 7) is 0.0206. The number of carbonyl (C=O) groups excluding carboxylic acids is 2. The van der Waals surface area contributed by atoms with Crippen LogP contribution in [0.2, 0.25) is 4.34 Å². The number of ether oxygens (including phenoxy) is 1. The first-order valence-corrected chi connectivity index (χ1v) is 9.13. The molecule has 0 atom stereocenters. The van der Waals surface area contributed by atoms with Gasteiger partial charge in [0.05, 0.1) is 20.5 Å². The monoisotopic (exact) mass is 381 g/mol. The zero-order valence-corrected chi connectivity index (χ0v) is 14.7. The summed E-state index contributed by atoms with van der Waals surface area (Å²) >= 11 is 8.52. The normalized spacial score (nSPS) is 10.7. The Morgan fingerprint density at radius 3 is 2.83 bits per heavy atom. The Balaban J connectivity index is 1.45. The van der Waals surface area contributed by atoms with E-state index < -0.39 is 5.97 Å². The number of aromatic nitrogens is 1. The van der Waals surface area contributed by atoms with E-state index in [4.69, 9.17) is 20.9 Å². The lowest BCUT2D eigenvalue weighted by Crippen LogP contribution is -2.07. The van der Waals surface area contributed by atoms with Crippen LogP contribution in [0.25, 0.3) is 10.6 Å². The van der Waals surface area contributed by atoms with Crippen molar-refractivity contribution in [3.63, 3.8) is 0 Å². The molecule has 0 saturated carbocycles. The van der Waals surface area contributed by atoms with Gasteiger partial charge in [0.25, 0.3) is 0 Å². The van der Waals surface area contributed by atoms with Gasteiger partial charge in [-0.3, -0.25) is 9.59 Å². The van der Waals surface area contributed by atoms with Crippen LogP contribution < -0.4 is 0 Å². The van der Waals surface area contributed by atoms with Gasteiger partial charge in [0.15, 0.2) is 11.5 Å². The van der Waals surface area contributed by atoms with Crippen LogP contribution in [0.5, 0.6) is 0 Å². The highest BCUT2D eigenvalue weighted by molar-refractivity contribution is 7.18. The molecular formula is C16H12ClNO4S2. The van der Waals surface area contributed by atoms with Gasteiger partial charge in [0.1, 0.15) is 12.3 Å². The quantitative estimate of drug-likeness (QED) is 0.433. The van der Waals surface area contributed by atoms with Crippen molar-refractivity contribution in [1.29, 1.82) is 0 Å². The van der Waals surface area contributed by atoms with Gasteiger partial charge in [-0.05, 0) is 23.6 Å². The number of Topliss-reactive ketones (excluding diaryl/α,β-unsaturated/α-hetero) is 1. The minimum Gasteiger partial charge on any atom is -0.459 e. The highest BCUT2D eigenvalue weighted by Crippen LogP contribution is 2.25. The summed E-state index contributed by atoms with van der Waals surface area (Å²) in [5, 5.41) is 5.80. The molecule has 24 heavy (non-hydrogen) atoms. The molecule has 3 aromatic rings. The average Bonchev–Trinajstić information content (AvgIpc) is 3.30. The minimum atomic E-state index is -0.452. The number of hydrogen-bond donors (Lipinski definition) is 0. The molecule has 0 radical (unpaired) electrons. The molecule has 0 aliphatic carbocycles. The molecule has 0 fully saturated rings. The van der Waals surface area contributed by atoms with E-state index in [-0.39, 0.29) is 25.2 Å². The summed E-state index contributed by atoms with van der Waals surface area (Å²) in [4.78, 5) is 25.1. The molecule has 0 amide bonds. The molecule has 0 aliphatic rings. The molecule has 0 spiro atoms. The fraction of sp³-hybridized carbons (Fsp3) is 0.188. The Morgan fingerprint density at radius 2 is 2.12 bits per heavy atom. The first-order chi connectivity index (χ1) is 11.6. The molecule has 0 aromatic carbocycles. The van der Waals surface area contributed by atoms with Crippen LogP contribution in [-0.2, 0) is 16.1 Å². The minimum absolute atomic E-state index is 0.0178. The first-order valence-electron chi connectivity index (χ1n) is 7.05. The van der Waals surface area contributed by atoms with Crippen LogP contribution in [0.15, 0.2) is 40.2 Å². The van der Waals surface area contributed by atoms with Crippen LogP contribution in [-0.4, -0.2) is 16.9 Å². The van der Waals surface area contributed by atoms with E-state index in [0.717, 1.165) is 4.88 Å². The molecule has 124 valence electrons. The Labute approximate surface area is 150 Å². The van der Waals surface area contributed by atoms with E-state index in [9.17, 15) is 9.59 Å². The summed E-state index contributed by atoms with van der Waals surface area (Å²) in [6.07, 6.45) is 0.110. The second kappa shape index (κ2) is 7.74. The maximum absolute atomic E-state index is 11.9. The fourth-order valence-electron chi connectivity index (χ4n) is 1.94. The highest BCUT2D eigenvalue weighted by Gasteiger charge is 2.14. The van der Waals surface area contributed by atoms with Gasteiger partial charge in [-0.25, -0.2) is 0 Å². The van der Waals surface area contributed by atoms with Gasteiger partial charge in [-0.1, -0.05) is 22.8 Å². The van der Waals surface area contributed by atoms with E-state index in [0.29, 0.717) is 20.7 Å². The SMILES string of the molecule is O=C(CCC(=O)c1ccc(Cl)s1)OCc1cc(-c2cccs2)on1. The third-order valence-corrected chi connectivity index (χ3v) is 5.26. The van der Waals surface area contributed by atoms with Crippen molar-refractivity contribution in [3.05, 3.63) is 50.6 Å². The summed E-state index contributed by atoms with van der Waals surface area (Å²) in [5.41, 5.74) is 0.531. The van der Waals surface area contributed by atoms with Crippen LogP contribution >= 0.6 is 34.3 Å². The van der Waals surface area contributed by atoms with Gasteiger partial charge >= 0.3 is 5.97 Å². The Kier molecular flexibility index (Phi) is 5.44. The first kappa shape index (κ1) is 16.9. The zero-order valence-electron chi connectivity index (χ0n) is 12.4. The Hall–Kier alpha value is -1.96. The predicted molar refractivity (Wildman–Crippen MR) is 92.5 cm³/mol. The van der Waals surface area contributed by atoms with Gasteiger partial charge in [0, 0.05) is 12.5 Å². The topological polar surface area (TPSA) is 69.4 Å². The van der Waals surface area contributed by atoms with Crippen molar-refractivity contribution in [1.82, 2.24) is 5.16 Å². The van der Waals surface area contributed by atoms with E-state index in [1.807, 2.05) is 17.5 Å². The number of rotatable bonds is 7. The molecule has 0 bridgehead atoms. The molecule has 0 unspecified atom stereocenters. The molecule has 0 N–H and O–H groups in total. The van der Waals surface area contributed by atoms with E-state index in [2.05, 4.69) is 5.16 Å². The maximum atomic E-state index is 11.9. The third kappa shape index (κ3) is 4.31. The second-order valence-electron chi connectivity index (χ2n) is 4.85. The summed E-state index contributed by atoms with van der Waals surface area (Å²) in [5.74, 6) is 0.0674.